The van der Waals surface area contributed by atoms with Gasteiger partial charge in [-0.05, 0) is 19.1 Å². The van der Waals surface area contributed by atoms with Crippen LogP contribution in [0.1, 0.15) is 6.92 Å². The quantitative estimate of drug-likeness (QED) is 0.732. The van der Waals surface area contributed by atoms with Gasteiger partial charge in [-0.3, -0.25) is 9.59 Å². The van der Waals surface area contributed by atoms with E-state index < -0.39 is 17.6 Å². The molecule has 0 aromatic heterocycles. The summed E-state index contributed by atoms with van der Waals surface area (Å²) in [6, 6.07) is 3.64. The standard InChI is InChI=1S/C12H10FNO3/c1-7-5-11(15)14(12(7)16)9-4-3-8(13)6-10(9)17-2/h3-6H,1-2H3. The second kappa shape index (κ2) is 4.01. The molecule has 1 aromatic rings. The van der Waals surface area contributed by atoms with Crippen molar-refractivity contribution in [3.05, 3.63) is 35.7 Å². The van der Waals surface area contributed by atoms with Gasteiger partial charge in [0.15, 0.2) is 0 Å². The van der Waals surface area contributed by atoms with E-state index in [-0.39, 0.29) is 11.4 Å². The normalized spacial score (nSPS) is 15.2. The number of amides is 2. The molecule has 88 valence electrons. The van der Waals surface area contributed by atoms with Crippen molar-refractivity contribution < 1.29 is 18.7 Å². The maximum atomic E-state index is 13.0. The van der Waals surface area contributed by atoms with Crippen LogP contribution in [0.25, 0.3) is 0 Å². The summed E-state index contributed by atoms with van der Waals surface area (Å²) in [7, 11) is 1.35. The molecule has 0 fully saturated rings. The number of hydrogen-bond acceptors (Lipinski definition) is 3. The molecular weight excluding hydrogens is 225 g/mol. The van der Waals surface area contributed by atoms with E-state index >= 15 is 0 Å². The van der Waals surface area contributed by atoms with Crippen LogP contribution in [0, 0.1) is 5.82 Å². The van der Waals surface area contributed by atoms with Gasteiger partial charge >= 0.3 is 0 Å². The van der Waals surface area contributed by atoms with Crippen LogP contribution in [-0.4, -0.2) is 18.9 Å². The second-order valence-electron chi connectivity index (χ2n) is 3.62. The highest BCUT2D eigenvalue weighted by molar-refractivity contribution is 6.30. The first-order chi connectivity index (χ1) is 8.04. The van der Waals surface area contributed by atoms with E-state index in [9.17, 15) is 14.0 Å². The number of rotatable bonds is 2. The van der Waals surface area contributed by atoms with Crippen molar-refractivity contribution >= 4 is 17.5 Å². The van der Waals surface area contributed by atoms with Crippen LogP contribution >= 0.6 is 0 Å². The van der Waals surface area contributed by atoms with Crippen molar-refractivity contribution in [2.24, 2.45) is 0 Å². The van der Waals surface area contributed by atoms with Crippen LogP contribution in [0.3, 0.4) is 0 Å². The number of carbonyl (C=O) groups is 2. The predicted octanol–water partition coefficient (Wildman–Crippen LogP) is 1.65. The Balaban J connectivity index is 2.49. The Bertz CT molecular complexity index is 537. The fourth-order valence-electron chi connectivity index (χ4n) is 1.65. The summed E-state index contributed by atoms with van der Waals surface area (Å²) in [6.45, 7) is 1.55. The minimum absolute atomic E-state index is 0.148. The molecular formula is C12H10FNO3. The smallest absolute Gasteiger partial charge is 0.261 e. The van der Waals surface area contributed by atoms with Gasteiger partial charge in [-0.1, -0.05) is 0 Å². The molecule has 5 heteroatoms. The van der Waals surface area contributed by atoms with Crippen molar-refractivity contribution in [1.82, 2.24) is 0 Å². The molecule has 1 aromatic carbocycles. The van der Waals surface area contributed by atoms with Gasteiger partial charge in [-0.2, -0.15) is 0 Å². The summed E-state index contributed by atoms with van der Waals surface area (Å²) in [5.41, 5.74) is 0.596. The Morgan fingerprint density at radius 1 is 1.29 bits per heavy atom. The molecule has 1 heterocycles. The summed E-state index contributed by atoms with van der Waals surface area (Å²) in [4.78, 5) is 24.4. The molecule has 1 aliphatic rings. The van der Waals surface area contributed by atoms with Gasteiger partial charge in [0.1, 0.15) is 11.6 Å². The Labute approximate surface area is 97.3 Å². The van der Waals surface area contributed by atoms with E-state index in [1.807, 2.05) is 0 Å². The van der Waals surface area contributed by atoms with Gasteiger partial charge in [0.05, 0.1) is 12.8 Å². The second-order valence-corrected chi connectivity index (χ2v) is 3.62. The van der Waals surface area contributed by atoms with Crippen LogP contribution in [-0.2, 0) is 9.59 Å². The van der Waals surface area contributed by atoms with Crippen molar-refractivity contribution in [1.29, 1.82) is 0 Å². The largest absolute Gasteiger partial charge is 0.494 e. The molecule has 0 radical (unpaired) electrons. The minimum Gasteiger partial charge on any atom is -0.494 e. The Morgan fingerprint density at radius 2 is 2.00 bits per heavy atom. The molecule has 0 bridgehead atoms. The lowest BCUT2D eigenvalue weighted by atomic mass is 10.2. The van der Waals surface area contributed by atoms with Crippen LogP contribution in [0.4, 0.5) is 10.1 Å². The molecule has 0 N–H and O–H groups in total. The fourth-order valence-corrected chi connectivity index (χ4v) is 1.65. The third-order valence-electron chi connectivity index (χ3n) is 2.48. The van der Waals surface area contributed by atoms with Crippen LogP contribution in [0.2, 0.25) is 0 Å². The lowest BCUT2D eigenvalue weighted by Crippen LogP contribution is -2.30. The number of hydrogen-bond donors (Lipinski definition) is 0. The SMILES string of the molecule is COc1cc(F)ccc1N1C(=O)C=C(C)C1=O. The zero-order valence-electron chi connectivity index (χ0n) is 9.36. The molecule has 2 rings (SSSR count). The van der Waals surface area contributed by atoms with E-state index in [4.69, 9.17) is 4.74 Å². The topological polar surface area (TPSA) is 46.6 Å². The molecule has 0 unspecified atom stereocenters. The number of halogens is 1. The fraction of sp³-hybridized carbons (Fsp3) is 0.167. The van der Waals surface area contributed by atoms with Crippen LogP contribution < -0.4 is 9.64 Å². The monoisotopic (exact) mass is 235 g/mol. The number of anilines is 1. The van der Waals surface area contributed by atoms with E-state index in [1.54, 1.807) is 6.92 Å². The van der Waals surface area contributed by atoms with Gasteiger partial charge in [0.25, 0.3) is 11.8 Å². The highest BCUT2D eigenvalue weighted by Gasteiger charge is 2.31. The molecule has 0 saturated heterocycles. The zero-order chi connectivity index (χ0) is 12.6. The predicted molar refractivity (Wildman–Crippen MR) is 59.2 cm³/mol. The van der Waals surface area contributed by atoms with Crippen molar-refractivity contribution in [2.75, 3.05) is 12.0 Å². The number of carbonyl (C=O) groups excluding carboxylic acids is 2. The Kier molecular flexibility index (Phi) is 2.67. The molecule has 4 nitrogen and oxygen atoms in total. The third kappa shape index (κ3) is 1.80. The van der Waals surface area contributed by atoms with E-state index in [0.717, 1.165) is 11.0 Å². The third-order valence-corrected chi connectivity index (χ3v) is 2.48. The highest BCUT2D eigenvalue weighted by Crippen LogP contribution is 2.32. The number of imide groups is 1. The average Bonchev–Trinajstić information content (AvgIpc) is 2.54. The number of nitrogens with zero attached hydrogens (tertiary/aromatic N) is 1. The van der Waals surface area contributed by atoms with E-state index in [2.05, 4.69) is 0 Å². The van der Waals surface area contributed by atoms with Crippen LogP contribution in [0.5, 0.6) is 5.75 Å². The molecule has 17 heavy (non-hydrogen) atoms. The maximum absolute atomic E-state index is 13.0. The van der Waals surface area contributed by atoms with Crippen LogP contribution in [0.15, 0.2) is 29.8 Å². The molecule has 0 saturated carbocycles. The summed E-state index contributed by atoms with van der Waals surface area (Å²) < 4.78 is 18.0. The number of methoxy groups -OCH3 is 1. The summed E-state index contributed by atoms with van der Waals surface area (Å²) in [5, 5.41) is 0. The summed E-state index contributed by atoms with van der Waals surface area (Å²) in [5.74, 6) is -1.21. The highest BCUT2D eigenvalue weighted by atomic mass is 19.1. The maximum Gasteiger partial charge on any atom is 0.261 e. The van der Waals surface area contributed by atoms with Crippen molar-refractivity contribution in [3.63, 3.8) is 0 Å². The Morgan fingerprint density at radius 3 is 2.53 bits per heavy atom. The van der Waals surface area contributed by atoms with Gasteiger partial charge in [0.2, 0.25) is 0 Å². The van der Waals surface area contributed by atoms with Gasteiger partial charge in [0, 0.05) is 17.7 Å². The first kappa shape index (κ1) is 11.3. The molecule has 0 aliphatic carbocycles. The zero-order valence-corrected chi connectivity index (χ0v) is 9.36. The summed E-state index contributed by atoms with van der Waals surface area (Å²) >= 11 is 0. The van der Waals surface area contributed by atoms with Gasteiger partial charge in [-0.25, -0.2) is 9.29 Å². The lowest BCUT2D eigenvalue weighted by Gasteiger charge is -2.17. The molecule has 1 aliphatic heterocycles. The molecule has 2 amide bonds. The van der Waals surface area contributed by atoms with Gasteiger partial charge in [-0.15, -0.1) is 0 Å². The molecule has 0 atom stereocenters. The number of ether oxygens (including phenoxy) is 1. The summed E-state index contributed by atoms with van der Waals surface area (Å²) in [6.07, 6.45) is 1.24. The Hall–Kier alpha value is -2.17. The van der Waals surface area contributed by atoms with E-state index in [1.165, 1.54) is 25.3 Å². The minimum atomic E-state index is -0.491. The van der Waals surface area contributed by atoms with E-state index in [0.29, 0.717) is 5.57 Å². The lowest BCUT2D eigenvalue weighted by molar-refractivity contribution is -0.120. The van der Waals surface area contributed by atoms with Crippen molar-refractivity contribution in [3.8, 4) is 5.75 Å². The van der Waals surface area contributed by atoms with Crippen molar-refractivity contribution in [2.45, 2.75) is 6.92 Å². The van der Waals surface area contributed by atoms with Gasteiger partial charge < -0.3 is 4.74 Å². The first-order valence-electron chi connectivity index (χ1n) is 4.95. The average molecular weight is 235 g/mol. The number of benzene rings is 1. The first-order valence-corrected chi connectivity index (χ1v) is 4.95. The molecule has 0 spiro atoms.